The molecule has 0 radical (unpaired) electrons. The molecule has 1 saturated carbocycles. The van der Waals surface area contributed by atoms with Crippen LogP contribution in [0.25, 0.3) is 11.1 Å². The molecule has 2 aromatic carbocycles. The fourth-order valence-corrected chi connectivity index (χ4v) is 5.36. The quantitative estimate of drug-likeness (QED) is 0.406. The first-order chi connectivity index (χ1) is 18.9. The summed E-state index contributed by atoms with van der Waals surface area (Å²) < 4.78 is 40.2. The first kappa shape index (κ1) is 27.7. The Morgan fingerprint density at radius 3 is 2.48 bits per heavy atom. The van der Waals surface area contributed by atoms with Gasteiger partial charge in [0.1, 0.15) is 0 Å². The van der Waals surface area contributed by atoms with Crippen molar-refractivity contribution in [1.29, 1.82) is 0 Å². The zero-order valence-electron chi connectivity index (χ0n) is 22.8. The molecule has 1 aliphatic heterocycles. The topological polar surface area (TPSA) is 74.3 Å². The predicted octanol–water partition coefficient (Wildman–Crippen LogP) is 6.05. The lowest BCUT2D eigenvalue weighted by Crippen LogP contribution is -2.50. The average molecular weight is 551 g/mol. The number of carbonyl (C=O) groups excluding carboxylic acids is 2. The highest BCUT2D eigenvalue weighted by molar-refractivity contribution is 5.83. The molecular formula is C31H33F3N4O2. The van der Waals surface area contributed by atoms with Gasteiger partial charge in [-0.15, -0.1) is 0 Å². The van der Waals surface area contributed by atoms with E-state index < -0.39 is 17.3 Å². The second-order valence-corrected chi connectivity index (χ2v) is 11.6. The van der Waals surface area contributed by atoms with Crippen molar-refractivity contribution in [1.82, 2.24) is 20.5 Å². The van der Waals surface area contributed by atoms with Crippen LogP contribution in [0.1, 0.15) is 60.9 Å². The minimum absolute atomic E-state index is 0.0214. The van der Waals surface area contributed by atoms with Crippen LogP contribution in [0.4, 0.5) is 18.0 Å². The van der Waals surface area contributed by atoms with E-state index in [9.17, 15) is 22.8 Å². The summed E-state index contributed by atoms with van der Waals surface area (Å²) in [4.78, 5) is 31.5. The van der Waals surface area contributed by atoms with Crippen LogP contribution in [0.5, 0.6) is 0 Å². The van der Waals surface area contributed by atoms with Crippen molar-refractivity contribution in [2.75, 3.05) is 6.54 Å². The summed E-state index contributed by atoms with van der Waals surface area (Å²) in [5, 5.41) is 6.05. The van der Waals surface area contributed by atoms with Gasteiger partial charge in [-0.1, -0.05) is 42.5 Å². The summed E-state index contributed by atoms with van der Waals surface area (Å²) in [5.41, 5.74) is 3.52. The molecule has 0 unspecified atom stereocenters. The zero-order valence-corrected chi connectivity index (χ0v) is 22.8. The van der Waals surface area contributed by atoms with Gasteiger partial charge in [0.15, 0.2) is 0 Å². The van der Waals surface area contributed by atoms with E-state index in [2.05, 4.69) is 15.6 Å². The van der Waals surface area contributed by atoms with Crippen LogP contribution < -0.4 is 10.6 Å². The number of urea groups is 1. The van der Waals surface area contributed by atoms with Crippen LogP contribution in [0, 0.1) is 5.92 Å². The minimum Gasteiger partial charge on any atom is -0.352 e. The molecule has 0 saturated heterocycles. The van der Waals surface area contributed by atoms with Crippen molar-refractivity contribution in [2.24, 2.45) is 5.92 Å². The van der Waals surface area contributed by atoms with E-state index in [1.54, 1.807) is 11.0 Å². The van der Waals surface area contributed by atoms with Crippen LogP contribution in [-0.4, -0.2) is 33.9 Å². The molecule has 9 heteroatoms. The SMILES string of the molecule is CC(C)(C)NC(=O)N1CCc2c(-c3cncc(C(F)(F)F)c3)ccc(CNC(=O)[C@H]3C[C@@H]3c3ccccc3)c2C1. The van der Waals surface area contributed by atoms with Gasteiger partial charge in [0.2, 0.25) is 5.91 Å². The van der Waals surface area contributed by atoms with Gasteiger partial charge in [0.25, 0.3) is 0 Å². The molecule has 210 valence electrons. The van der Waals surface area contributed by atoms with Crippen LogP contribution in [0.15, 0.2) is 60.9 Å². The van der Waals surface area contributed by atoms with Gasteiger partial charge in [-0.2, -0.15) is 13.2 Å². The molecule has 2 N–H and O–H groups in total. The lowest BCUT2D eigenvalue weighted by molar-refractivity contribution is -0.137. The molecule has 5 rings (SSSR count). The highest BCUT2D eigenvalue weighted by Gasteiger charge is 2.43. The van der Waals surface area contributed by atoms with Gasteiger partial charge in [-0.05, 0) is 73.4 Å². The highest BCUT2D eigenvalue weighted by atomic mass is 19.4. The molecule has 0 bridgehead atoms. The van der Waals surface area contributed by atoms with E-state index in [-0.39, 0.29) is 30.3 Å². The number of nitrogens with zero attached hydrogens (tertiary/aromatic N) is 2. The molecular weight excluding hydrogens is 517 g/mol. The van der Waals surface area contributed by atoms with E-state index in [1.807, 2.05) is 57.2 Å². The standard InChI is InChI=1S/C31H33F3N4O2/c1-30(2,3)37-29(40)38-12-11-24-23(21-13-22(17-35-15-21)31(32,33)34)10-9-20(27(24)18-38)16-36-28(39)26-14-25(26)19-7-5-4-6-8-19/h4-10,13,15,17,25-26H,11-12,14,16,18H2,1-3H3,(H,36,39)(H,37,40)/t25-,26+/m1/s1. The van der Waals surface area contributed by atoms with Gasteiger partial charge < -0.3 is 15.5 Å². The summed E-state index contributed by atoms with van der Waals surface area (Å²) >= 11 is 0. The summed E-state index contributed by atoms with van der Waals surface area (Å²) in [6, 6.07) is 14.5. The van der Waals surface area contributed by atoms with Gasteiger partial charge >= 0.3 is 12.2 Å². The number of benzene rings is 2. The smallest absolute Gasteiger partial charge is 0.352 e. The number of carbonyl (C=O) groups is 2. The maximum absolute atomic E-state index is 13.4. The van der Waals surface area contributed by atoms with Gasteiger partial charge in [-0.3, -0.25) is 9.78 Å². The van der Waals surface area contributed by atoms with Crippen molar-refractivity contribution < 1.29 is 22.8 Å². The molecule has 1 aromatic heterocycles. The van der Waals surface area contributed by atoms with Crippen LogP contribution in [0.2, 0.25) is 0 Å². The average Bonchev–Trinajstić information content (AvgIpc) is 3.72. The van der Waals surface area contributed by atoms with E-state index in [0.29, 0.717) is 30.6 Å². The molecule has 2 aliphatic rings. The van der Waals surface area contributed by atoms with Crippen molar-refractivity contribution in [3.05, 3.63) is 88.7 Å². The van der Waals surface area contributed by atoms with Crippen LogP contribution >= 0.6 is 0 Å². The fourth-order valence-electron chi connectivity index (χ4n) is 5.36. The zero-order chi connectivity index (χ0) is 28.7. The lowest BCUT2D eigenvalue weighted by atomic mass is 9.87. The molecule has 1 aliphatic carbocycles. The monoisotopic (exact) mass is 550 g/mol. The maximum Gasteiger partial charge on any atom is 0.417 e. The molecule has 1 fully saturated rings. The van der Waals surface area contributed by atoms with E-state index in [0.717, 1.165) is 40.9 Å². The molecule has 0 spiro atoms. The third-order valence-corrected chi connectivity index (χ3v) is 7.46. The largest absolute Gasteiger partial charge is 0.417 e. The Balaban J connectivity index is 1.41. The first-order valence-corrected chi connectivity index (χ1v) is 13.5. The Morgan fingerprint density at radius 2 is 1.77 bits per heavy atom. The van der Waals surface area contributed by atoms with E-state index in [1.165, 1.54) is 6.20 Å². The summed E-state index contributed by atoms with van der Waals surface area (Å²) in [7, 11) is 0. The Kier molecular flexibility index (Phi) is 7.33. The van der Waals surface area contributed by atoms with Crippen LogP contribution in [-0.2, 0) is 30.5 Å². The maximum atomic E-state index is 13.4. The second-order valence-electron chi connectivity index (χ2n) is 11.6. The van der Waals surface area contributed by atoms with Crippen molar-refractivity contribution >= 4 is 11.9 Å². The first-order valence-electron chi connectivity index (χ1n) is 13.5. The molecule has 3 amide bonds. The number of nitrogens with one attached hydrogen (secondary N) is 2. The van der Waals surface area contributed by atoms with Gasteiger partial charge in [-0.25, -0.2) is 4.79 Å². The summed E-state index contributed by atoms with van der Waals surface area (Å²) in [6.45, 7) is 6.70. The number of hydrogen-bond donors (Lipinski definition) is 2. The minimum atomic E-state index is -4.50. The third kappa shape index (κ3) is 6.13. The van der Waals surface area contributed by atoms with E-state index in [4.69, 9.17) is 0 Å². The Labute approximate surface area is 232 Å². The molecule has 40 heavy (non-hydrogen) atoms. The van der Waals surface area contributed by atoms with Crippen molar-refractivity contribution in [3.63, 3.8) is 0 Å². The number of hydrogen-bond acceptors (Lipinski definition) is 3. The highest BCUT2D eigenvalue weighted by Crippen LogP contribution is 2.47. The number of halogens is 3. The Bertz CT molecular complexity index is 1420. The van der Waals surface area contributed by atoms with Gasteiger partial charge in [0.05, 0.1) is 5.56 Å². The number of alkyl halides is 3. The third-order valence-electron chi connectivity index (χ3n) is 7.46. The fraction of sp³-hybridized carbons (Fsp3) is 0.387. The summed E-state index contributed by atoms with van der Waals surface area (Å²) in [6.07, 6.45) is -0.981. The number of fused-ring (bicyclic) bond motifs is 1. The van der Waals surface area contributed by atoms with Crippen molar-refractivity contribution in [3.8, 4) is 11.1 Å². The van der Waals surface area contributed by atoms with Gasteiger partial charge in [0, 0.05) is 49.0 Å². The molecule has 6 nitrogen and oxygen atoms in total. The Hall–Kier alpha value is -3.88. The number of rotatable bonds is 5. The number of aromatic nitrogens is 1. The number of amides is 3. The molecule has 2 heterocycles. The molecule has 2 atom stereocenters. The van der Waals surface area contributed by atoms with Crippen molar-refractivity contribution in [2.45, 2.75) is 64.3 Å². The van der Waals surface area contributed by atoms with E-state index >= 15 is 0 Å². The number of pyridine rings is 1. The van der Waals surface area contributed by atoms with Crippen LogP contribution in [0.3, 0.4) is 0 Å². The normalized spacial score (nSPS) is 18.6. The summed E-state index contributed by atoms with van der Waals surface area (Å²) in [5.74, 6) is 0.108. The lowest BCUT2D eigenvalue weighted by Gasteiger charge is -2.34. The Morgan fingerprint density at radius 1 is 1.02 bits per heavy atom. The molecule has 3 aromatic rings. The second kappa shape index (κ2) is 10.6. The predicted molar refractivity (Wildman–Crippen MR) is 146 cm³/mol.